The van der Waals surface area contributed by atoms with Gasteiger partial charge in [0.05, 0.1) is 0 Å². The van der Waals surface area contributed by atoms with Gasteiger partial charge in [-0.25, -0.2) is 10.8 Å². The number of hydrazine groups is 1. The third-order valence-corrected chi connectivity index (χ3v) is 3.22. The van der Waals surface area contributed by atoms with Crippen LogP contribution in [0.25, 0.3) is 0 Å². The number of nitrogens with zero attached hydrogens (tertiary/aromatic N) is 3. The van der Waals surface area contributed by atoms with E-state index in [0.29, 0.717) is 12.0 Å². The van der Waals surface area contributed by atoms with Crippen molar-refractivity contribution in [1.29, 1.82) is 0 Å². The van der Waals surface area contributed by atoms with Gasteiger partial charge >= 0.3 is 0 Å². The Hall–Kier alpha value is -1.40. The molecule has 1 aliphatic rings. The number of piperidine rings is 1. The van der Waals surface area contributed by atoms with E-state index < -0.39 is 0 Å². The van der Waals surface area contributed by atoms with E-state index >= 15 is 0 Å². The second kappa shape index (κ2) is 5.79. The summed E-state index contributed by atoms with van der Waals surface area (Å²) >= 11 is 0. The van der Waals surface area contributed by atoms with Gasteiger partial charge in [-0.05, 0) is 32.5 Å². The highest BCUT2D eigenvalue weighted by Crippen LogP contribution is 2.15. The molecule has 1 aromatic rings. The maximum Gasteiger partial charge on any atom is 0.239 e. The van der Waals surface area contributed by atoms with E-state index in [9.17, 15) is 0 Å². The van der Waals surface area contributed by atoms with Crippen LogP contribution < -0.4 is 16.6 Å². The Balaban J connectivity index is 1.88. The fourth-order valence-corrected chi connectivity index (χ4v) is 2.15. The molecule has 1 unspecified atom stereocenters. The number of anilines is 2. The molecule has 2 rings (SSSR count). The normalized spacial score (nSPS) is 21.2. The molecule has 1 fully saturated rings. The van der Waals surface area contributed by atoms with E-state index in [2.05, 4.69) is 32.7 Å². The molecule has 6 nitrogen and oxygen atoms in total. The SMILES string of the molecule is CN1CCCCC1CNc1ccnc(NN)n1. The number of nitrogens with one attached hydrogen (secondary N) is 2. The Bertz CT molecular complexity index is 356. The van der Waals surface area contributed by atoms with Gasteiger partial charge in [0, 0.05) is 18.8 Å². The van der Waals surface area contributed by atoms with Crippen LogP contribution in [0.2, 0.25) is 0 Å². The monoisotopic (exact) mass is 236 g/mol. The minimum Gasteiger partial charge on any atom is -0.368 e. The first kappa shape index (κ1) is 12.1. The Morgan fingerprint density at radius 3 is 3.18 bits per heavy atom. The molecule has 0 radical (unpaired) electrons. The van der Waals surface area contributed by atoms with E-state index in [1.54, 1.807) is 6.20 Å². The minimum atomic E-state index is 0.437. The topological polar surface area (TPSA) is 79.1 Å². The van der Waals surface area contributed by atoms with Crippen molar-refractivity contribution in [2.45, 2.75) is 25.3 Å². The van der Waals surface area contributed by atoms with Crippen molar-refractivity contribution in [3.05, 3.63) is 12.3 Å². The molecule has 2 heterocycles. The van der Waals surface area contributed by atoms with Gasteiger partial charge in [-0.1, -0.05) is 6.42 Å². The Morgan fingerprint density at radius 2 is 2.41 bits per heavy atom. The largest absolute Gasteiger partial charge is 0.368 e. The number of nitrogen functional groups attached to an aromatic ring is 1. The van der Waals surface area contributed by atoms with Crippen LogP contribution in [0.4, 0.5) is 11.8 Å². The number of hydrogen-bond donors (Lipinski definition) is 3. The van der Waals surface area contributed by atoms with Gasteiger partial charge in [0.1, 0.15) is 5.82 Å². The summed E-state index contributed by atoms with van der Waals surface area (Å²) in [7, 11) is 2.18. The van der Waals surface area contributed by atoms with E-state index in [1.807, 2.05) is 6.07 Å². The van der Waals surface area contributed by atoms with E-state index in [4.69, 9.17) is 5.84 Å². The lowest BCUT2D eigenvalue weighted by Crippen LogP contribution is -2.40. The molecule has 0 spiro atoms. The van der Waals surface area contributed by atoms with Gasteiger partial charge in [0.2, 0.25) is 5.95 Å². The predicted octanol–water partition coefficient (Wildman–Crippen LogP) is 0.658. The standard InChI is InChI=1S/C11H20N6/c1-17-7-3-2-4-9(17)8-14-10-5-6-13-11(15-10)16-12/h5-6,9H,2-4,7-8,12H2,1H3,(H2,13,14,15,16). The first-order chi connectivity index (χ1) is 8.29. The highest BCUT2D eigenvalue weighted by molar-refractivity contribution is 5.38. The lowest BCUT2D eigenvalue weighted by molar-refractivity contribution is 0.194. The average Bonchev–Trinajstić information content (AvgIpc) is 2.38. The van der Waals surface area contributed by atoms with Gasteiger partial charge in [0.25, 0.3) is 0 Å². The van der Waals surface area contributed by atoms with Crippen molar-refractivity contribution >= 4 is 11.8 Å². The zero-order valence-corrected chi connectivity index (χ0v) is 10.2. The van der Waals surface area contributed by atoms with Gasteiger partial charge in [-0.3, -0.25) is 5.43 Å². The van der Waals surface area contributed by atoms with Crippen molar-refractivity contribution < 1.29 is 0 Å². The average molecular weight is 236 g/mol. The molecule has 6 heteroatoms. The summed E-state index contributed by atoms with van der Waals surface area (Å²) in [6.07, 6.45) is 5.56. The van der Waals surface area contributed by atoms with Crippen molar-refractivity contribution in [3.8, 4) is 0 Å². The number of nitrogens with two attached hydrogens (primary N) is 1. The summed E-state index contributed by atoms with van der Waals surface area (Å²) in [4.78, 5) is 10.6. The van der Waals surface area contributed by atoms with Gasteiger partial charge < -0.3 is 10.2 Å². The number of likely N-dealkylation sites (N-methyl/N-ethyl adjacent to an activating group) is 1. The van der Waals surface area contributed by atoms with Crippen LogP contribution in [0.3, 0.4) is 0 Å². The molecule has 4 N–H and O–H groups in total. The fourth-order valence-electron chi connectivity index (χ4n) is 2.15. The second-order valence-electron chi connectivity index (χ2n) is 4.42. The summed E-state index contributed by atoms with van der Waals surface area (Å²) in [5.41, 5.74) is 2.44. The molecule has 1 aromatic heterocycles. The molecule has 1 aliphatic heterocycles. The molecular formula is C11H20N6. The van der Waals surface area contributed by atoms with Crippen LogP contribution in [0.5, 0.6) is 0 Å². The molecule has 0 amide bonds. The van der Waals surface area contributed by atoms with Crippen LogP contribution in [-0.4, -0.2) is 41.0 Å². The van der Waals surface area contributed by atoms with Crippen molar-refractivity contribution in [2.24, 2.45) is 5.84 Å². The van der Waals surface area contributed by atoms with E-state index in [1.165, 1.54) is 25.8 Å². The quantitative estimate of drug-likeness (QED) is 0.526. The Kier molecular flexibility index (Phi) is 4.11. The third-order valence-electron chi connectivity index (χ3n) is 3.22. The summed E-state index contributed by atoms with van der Waals surface area (Å²) in [6.45, 7) is 2.10. The van der Waals surface area contributed by atoms with Gasteiger partial charge in [0.15, 0.2) is 0 Å². The van der Waals surface area contributed by atoms with Gasteiger partial charge in [-0.15, -0.1) is 0 Å². The fraction of sp³-hybridized carbons (Fsp3) is 0.636. The Labute approximate surface area is 102 Å². The number of likely N-dealkylation sites (tertiary alicyclic amines) is 1. The number of aromatic nitrogens is 2. The van der Waals surface area contributed by atoms with Crippen LogP contribution in [0, 0.1) is 0 Å². The molecule has 1 saturated heterocycles. The van der Waals surface area contributed by atoms with E-state index in [0.717, 1.165) is 12.4 Å². The first-order valence-electron chi connectivity index (χ1n) is 6.03. The Morgan fingerprint density at radius 1 is 1.53 bits per heavy atom. The van der Waals surface area contributed by atoms with Crippen molar-refractivity contribution in [2.75, 3.05) is 30.9 Å². The summed E-state index contributed by atoms with van der Waals surface area (Å²) < 4.78 is 0. The summed E-state index contributed by atoms with van der Waals surface area (Å²) in [5, 5.41) is 3.33. The lowest BCUT2D eigenvalue weighted by atomic mass is 10.0. The molecule has 0 aromatic carbocycles. The number of rotatable bonds is 4. The molecule has 94 valence electrons. The number of hydrogen-bond acceptors (Lipinski definition) is 6. The van der Waals surface area contributed by atoms with Crippen molar-refractivity contribution in [1.82, 2.24) is 14.9 Å². The minimum absolute atomic E-state index is 0.437. The maximum absolute atomic E-state index is 5.27. The second-order valence-corrected chi connectivity index (χ2v) is 4.42. The molecular weight excluding hydrogens is 216 g/mol. The predicted molar refractivity (Wildman–Crippen MR) is 68.6 cm³/mol. The van der Waals surface area contributed by atoms with Gasteiger partial charge in [-0.2, -0.15) is 4.98 Å². The third kappa shape index (κ3) is 3.28. The smallest absolute Gasteiger partial charge is 0.239 e. The van der Waals surface area contributed by atoms with Crippen LogP contribution in [-0.2, 0) is 0 Å². The van der Waals surface area contributed by atoms with Crippen molar-refractivity contribution in [3.63, 3.8) is 0 Å². The molecule has 0 bridgehead atoms. The highest BCUT2D eigenvalue weighted by Gasteiger charge is 2.18. The van der Waals surface area contributed by atoms with Crippen LogP contribution in [0.15, 0.2) is 12.3 Å². The van der Waals surface area contributed by atoms with E-state index in [-0.39, 0.29) is 0 Å². The zero-order valence-electron chi connectivity index (χ0n) is 10.2. The summed E-state index contributed by atoms with van der Waals surface area (Å²) in [5.74, 6) is 6.52. The lowest BCUT2D eigenvalue weighted by Gasteiger charge is -2.32. The highest BCUT2D eigenvalue weighted by atomic mass is 15.3. The first-order valence-corrected chi connectivity index (χ1v) is 6.03. The molecule has 17 heavy (non-hydrogen) atoms. The zero-order chi connectivity index (χ0) is 12.1. The molecule has 0 saturated carbocycles. The maximum atomic E-state index is 5.27. The summed E-state index contributed by atoms with van der Waals surface area (Å²) in [6, 6.07) is 2.44. The molecule has 1 atom stereocenters. The van der Waals surface area contributed by atoms with Crippen LogP contribution >= 0.6 is 0 Å². The molecule has 0 aliphatic carbocycles. The van der Waals surface area contributed by atoms with Crippen LogP contribution in [0.1, 0.15) is 19.3 Å².